The van der Waals surface area contributed by atoms with E-state index in [1.807, 2.05) is 0 Å². The van der Waals surface area contributed by atoms with Gasteiger partial charge in [-0.1, -0.05) is 0 Å². The quantitative estimate of drug-likeness (QED) is 0.588. The molecule has 180 valence electrons. The Labute approximate surface area is 187 Å². The van der Waals surface area contributed by atoms with E-state index in [-0.39, 0.29) is 16.6 Å². The average molecular weight is 430 g/mol. The first kappa shape index (κ1) is 27.8. The lowest BCUT2D eigenvalue weighted by molar-refractivity contribution is -0.00389. The van der Waals surface area contributed by atoms with Crippen LogP contribution >= 0.6 is 0 Å². The lowest BCUT2D eigenvalue weighted by Crippen LogP contribution is -2.47. The molecule has 0 radical (unpaired) electrons. The molecule has 1 fully saturated rings. The molecule has 0 aliphatic carbocycles. The third-order valence-electron chi connectivity index (χ3n) is 5.88. The van der Waals surface area contributed by atoms with Gasteiger partial charge in [0.05, 0.1) is 39.6 Å². The van der Waals surface area contributed by atoms with Crippen LogP contribution in [0.3, 0.4) is 0 Å². The lowest BCUT2D eigenvalue weighted by Gasteiger charge is -2.38. The van der Waals surface area contributed by atoms with E-state index < -0.39 is 0 Å². The van der Waals surface area contributed by atoms with Crippen molar-refractivity contribution in [3.05, 3.63) is 0 Å². The minimum atomic E-state index is 0.111. The van der Waals surface area contributed by atoms with E-state index in [1.54, 1.807) is 0 Å². The summed E-state index contributed by atoms with van der Waals surface area (Å²) in [5.41, 5.74) is 0.333. The maximum absolute atomic E-state index is 6.01. The second-order valence-electron chi connectivity index (χ2n) is 11.3. The molecule has 1 rings (SSSR count). The van der Waals surface area contributed by atoms with Gasteiger partial charge in [0.15, 0.2) is 0 Å². The standard InChI is InChI=1S/C24H51N3O3/c1-22(2,3)25-10-16-28-18-12-26(23(4,5)6)14-20-30-21-15-27(24(7,8)9)13-19-29-17-11-25/h10-21H2,1-9H3. The van der Waals surface area contributed by atoms with Crippen molar-refractivity contribution in [1.29, 1.82) is 0 Å². The van der Waals surface area contributed by atoms with Crippen LogP contribution in [-0.4, -0.2) is 110 Å². The summed E-state index contributed by atoms with van der Waals surface area (Å²) in [6.45, 7) is 30.5. The highest BCUT2D eigenvalue weighted by Gasteiger charge is 2.24. The number of hydrogen-bond donors (Lipinski definition) is 0. The normalized spacial score (nSPS) is 23.1. The van der Waals surface area contributed by atoms with E-state index in [9.17, 15) is 0 Å². The van der Waals surface area contributed by atoms with Gasteiger partial charge in [-0.15, -0.1) is 0 Å². The monoisotopic (exact) mass is 429 g/mol. The van der Waals surface area contributed by atoms with Gasteiger partial charge in [0.2, 0.25) is 0 Å². The zero-order valence-corrected chi connectivity index (χ0v) is 21.6. The van der Waals surface area contributed by atoms with Crippen LogP contribution < -0.4 is 0 Å². The van der Waals surface area contributed by atoms with Crippen LogP contribution in [0.4, 0.5) is 0 Å². The Morgan fingerprint density at radius 3 is 0.667 bits per heavy atom. The second kappa shape index (κ2) is 12.7. The van der Waals surface area contributed by atoms with Gasteiger partial charge in [0.1, 0.15) is 0 Å². The molecule has 1 aliphatic heterocycles. The highest BCUT2D eigenvalue weighted by Crippen LogP contribution is 2.15. The molecule has 0 aromatic carbocycles. The van der Waals surface area contributed by atoms with Crippen LogP contribution in [0.25, 0.3) is 0 Å². The Morgan fingerprint density at radius 2 is 0.533 bits per heavy atom. The van der Waals surface area contributed by atoms with Crippen LogP contribution in [0.2, 0.25) is 0 Å². The Hall–Kier alpha value is -0.240. The molecule has 0 saturated carbocycles. The molecule has 0 aromatic heterocycles. The topological polar surface area (TPSA) is 37.4 Å². The predicted octanol–water partition coefficient (Wildman–Crippen LogP) is 3.35. The summed E-state index contributed by atoms with van der Waals surface area (Å²) < 4.78 is 18.0. The summed E-state index contributed by atoms with van der Waals surface area (Å²) in [7, 11) is 0. The van der Waals surface area contributed by atoms with Crippen LogP contribution in [0.5, 0.6) is 0 Å². The molecule has 30 heavy (non-hydrogen) atoms. The fraction of sp³-hybridized carbons (Fsp3) is 1.00. The maximum Gasteiger partial charge on any atom is 0.0594 e. The predicted molar refractivity (Wildman–Crippen MR) is 126 cm³/mol. The molecule has 0 atom stereocenters. The number of nitrogens with zero attached hydrogens (tertiary/aromatic N) is 3. The minimum absolute atomic E-state index is 0.111. The molecule has 0 N–H and O–H groups in total. The summed E-state index contributed by atoms with van der Waals surface area (Å²) in [5, 5.41) is 0. The highest BCUT2D eigenvalue weighted by molar-refractivity contribution is 4.79. The molecule has 0 unspecified atom stereocenters. The van der Waals surface area contributed by atoms with Crippen LogP contribution in [0.1, 0.15) is 62.3 Å². The number of ether oxygens (including phenoxy) is 3. The third-order valence-corrected chi connectivity index (χ3v) is 5.88. The SMILES string of the molecule is CC(C)(C)N1CCOCCN(C(C)(C)C)CCOCCN(C(C)(C)C)CCOCC1. The van der Waals surface area contributed by atoms with Crippen LogP contribution in [0.15, 0.2) is 0 Å². The summed E-state index contributed by atoms with van der Waals surface area (Å²) in [4.78, 5) is 7.40. The lowest BCUT2D eigenvalue weighted by atomic mass is 10.1. The van der Waals surface area contributed by atoms with Gasteiger partial charge in [-0.05, 0) is 62.3 Å². The largest absolute Gasteiger partial charge is 0.379 e. The molecule has 6 heteroatoms. The van der Waals surface area contributed by atoms with Gasteiger partial charge in [-0.25, -0.2) is 0 Å². The number of rotatable bonds is 0. The van der Waals surface area contributed by atoms with Crippen molar-refractivity contribution in [2.45, 2.75) is 78.9 Å². The van der Waals surface area contributed by atoms with E-state index in [4.69, 9.17) is 14.2 Å². The van der Waals surface area contributed by atoms with Gasteiger partial charge < -0.3 is 14.2 Å². The molecule has 0 bridgehead atoms. The maximum atomic E-state index is 6.01. The van der Waals surface area contributed by atoms with E-state index in [0.29, 0.717) is 0 Å². The van der Waals surface area contributed by atoms with Crippen molar-refractivity contribution in [2.75, 3.05) is 78.9 Å². The molecular weight excluding hydrogens is 378 g/mol. The van der Waals surface area contributed by atoms with Crippen LogP contribution in [-0.2, 0) is 14.2 Å². The zero-order valence-electron chi connectivity index (χ0n) is 21.6. The summed E-state index contributed by atoms with van der Waals surface area (Å²) in [5.74, 6) is 0. The summed E-state index contributed by atoms with van der Waals surface area (Å²) >= 11 is 0. The fourth-order valence-corrected chi connectivity index (χ4v) is 3.70. The summed E-state index contributed by atoms with van der Waals surface area (Å²) in [6, 6.07) is 0. The Bertz CT molecular complexity index is 368. The molecular formula is C24H51N3O3. The Balaban J connectivity index is 2.74. The Kier molecular flexibility index (Phi) is 11.8. The first-order valence-electron chi connectivity index (χ1n) is 11.8. The van der Waals surface area contributed by atoms with Crippen molar-refractivity contribution in [3.63, 3.8) is 0 Å². The number of hydrogen-bond acceptors (Lipinski definition) is 6. The van der Waals surface area contributed by atoms with E-state index in [2.05, 4.69) is 77.0 Å². The van der Waals surface area contributed by atoms with Crippen molar-refractivity contribution < 1.29 is 14.2 Å². The van der Waals surface area contributed by atoms with Gasteiger partial charge in [-0.3, -0.25) is 14.7 Å². The highest BCUT2D eigenvalue weighted by atomic mass is 16.5. The molecule has 1 heterocycles. The van der Waals surface area contributed by atoms with E-state index in [0.717, 1.165) is 78.9 Å². The Morgan fingerprint density at radius 1 is 0.367 bits per heavy atom. The molecule has 0 aromatic rings. The molecule has 1 aliphatic rings. The van der Waals surface area contributed by atoms with E-state index in [1.165, 1.54) is 0 Å². The smallest absolute Gasteiger partial charge is 0.0594 e. The average Bonchev–Trinajstić information content (AvgIpc) is 2.58. The molecule has 0 spiro atoms. The first-order chi connectivity index (χ1) is 13.8. The van der Waals surface area contributed by atoms with Gasteiger partial charge in [-0.2, -0.15) is 0 Å². The van der Waals surface area contributed by atoms with Gasteiger partial charge in [0, 0.05) is 55.9 Å². The van der Waals surface area contributed by atoms with Gasteiger partial charge >= 0.3 is 0 Å². The third kappa shape index (κ3) is 11.4. The van der Waals surface area contributed by atoms with Crippen molar-refractivity contribution in [1.82, 2.24) is 14.7 Å². The summed E-state index contributed by atoms with van der Waals surface area (Å²) in [6.07, 6.45) is 0. The zero-order chi connectivity index (χ0) is 22.8. The molecule has 1 saturated heterocycles. The van der Waals surface area contributed by atoms with E-state index >= 15 is 0 Å². The van der Waals surface area contributed by atoms with Crippen molar-refractivity contribution in [2.24, 2.45) is 0 Å². The molecule has 0 amide bonds. The van der Waals surface area contributed by atoms with Gasteiger partial charge in [0.25, 0.3) is 0 Å². The van der Waals surface area contributed by atoms with Crippen molar-refractivity contribution >= 4 is 0 Å². The molecule has 6 nitrogen and oxygen atoms in total. The first-order valence-corrected chi connectivity index (χ1v) is 11.8. The van der Waals surface area contributed by atoms with Crippen LogP contribution in [0, 0.1) is 0 Å². The minimum Gasteiger partial charge on any atom is -0.379 e. The van der Waals surface area contributed by atoms with Crippen molar-refractivity contribution in [3.8, 4) is 0 Å². The second-order valence-corrected chi connectivity index (χ2v) is 11.3. The fourth-order valence-electron chi connectivity index (χ4n) is 3.70.